The molecular formula is C25H20K. The van der Waals surface area contributed by atoms with Crippen molar-refractivity contribution in [3.8, 4) is 0 Å². The summed E-state index contributed by atoms with van der Waals surface area (Å²) < 4.78 is 0. The summed E-state index contributed by atoms with van der Waals surface area (Å²) in [4.78, 5) is 0. The smallest absolute Gasteiger partial charge is 0 e. The Kier molecular flexibility index (Phi) is 6.63. The van der Waals surface area contributed by atoms with E-state index in [2.05, 4.69) is 97.6 Å². The molecule has 4 aromatic carbocycles. The predicted octanol–water partition coefficient (Wildman–Crippen LogP) is 6.11. The van der Waals surface area contributed by atoms with Crippen molar-refractivity contribution in [3.05, 3.63) is 126 Å². The Morgan fingerprint density at radius 2 is 1.27 bits per heavy atom. The molecule has 0 aliphatic rings. The van der Waals surface area contributed by atoms with Crippen molar-refractivity contribution < 1.29 is 0 Å². The van der Waals surface area contributed by atoms with Crippen LogP contribution in [0.4, 0.5) is 0 Å². The Morgan fingerprint density at radius 1 is 0.654 bits per heavy atom. The molecule has 0 amide bonds. The van der Waals surface area contributed by atoms with Gasteiger partial charge in [0.2, 0.25) is 0 Å². The van der Waals surface area contributed by atoms with Gasteiger partial charge in [0, 0.05) is 51.4 Å². The van der Waals surface area contributed by atoms with E-state index in [1.165, 1.54) is 33.0 Å². The molecule has 26 heavy (non-hydrogen) atoms. The number of hydrogen-bond acceptors (Lipinski definition) is 0. The van der Waals surface area contributed by atoms with Crippen LogP contribution in [-0.4, -0.2) is 51.4 Å². The maximum Gasteiger partial charge on any atom is 0 e. The monoisotopic (exact) mass is 359 g/mol. The van der Waals surface area contributed by atoms with Crippen molar-refractivity contribution in [2.75, 3.05) is 0 Å². The summed E-state index contributed by atoms with van der Waals surface area (Å²) in [7, 11) is 0. The second-order valence-corrected chi connectivity index (χ2v) is 6.33. The third-order valence-corrected chi connectivity index (χ3v) is 4.68. The van der Waals surface area contributed by atoms with Gasteiger partial charge in [0.15, 0.2) is 0 Å². The first-order chi connectivity index (χ1) is 12.3. The van der Waals surface area contributed by atoms with Gasteiger partial charge in [0.25, 0.3) is 0 Å². The van der Waals surface area contributed by atoms with Gasteiger partial charge in [-0.25, -0.2) is 0 Å². The molecule has 0 atom stereocenters. The molecule has 0 unspecified atom stereocenters. The van der Waals surface area contributed by atoms with Gasteiger partial charge in [-0.3, -0.25) is 0 Å². The van der Waals surface area contributed by atoms with Crippen LogP contribution in [0.1, 0.15) is 22.3 Å². The zero-order valence-corrected chi connectivity index (χ0v) is 18.3. The minimum Gasteiger partial charge on any atom is -0.0905 e. The van der Waals surface area contributed by atoms with Gasteiger partial charge in [-0.2, -0.15) is 0 Å². The fraction of sp³-hybridized carbons (Fsp3) is 0.0400. The topological polar surface area (TPSA) is 0 Å². The summed E-state index contributed by atoms with van der Waals surface area (Å²) in [5.41, 5.74) is 6.16. The van der Waals surface area contributed by atoms with Gasteiger partial charge in [0.1, 0.15) is 0 Å². The third-order valence-electron chi connectivity index (χ3n) is 4.68. The molecule has 1 heteroatoms. The Bertz CT molecular complexity index is 1020. The average Bonchev–Trinajstić information content (AvgIpc) is 2.69. The summed E-state index contributed by atoms with van der Waals surface area (Å²) in [5.74, 6) is 0. The van der Waals surface area contributed by atoms with E-state index in [-0.39, 0.29) is 51.4 Å². The van der Waals surface area contributed by atoms with E-state index in [0.717, 1.165) is 12.0 Å². The van der Waals surface area contributed by atoms with Crippen LogP contribution in [-0.2, 0) is 6.42 Å². The summed E-state index contributed by atoms with van der Waals surface area (Å²) in [6, 6.07) is 34.1. The van der Waals surface area contributed by atoms with Crippen LogP contribution >= 0.6 is 0 Å². The largest absolute Gasteiger partial charge is 0.0905 e. The van der Waals surface area contributed by atoms with Gasteiger partial charge in [-0.05, 0) is 45.0 Å². The number of rotatable bonds is 4. The first-order valence-electron chi connectivity index (χ1n) is 8.62. The summed E-state index contributed by atoms with van der Waals surface area (Å²) in [5, 5.41) is 2.52. The van der Waals surface area contributed by atoms with Crippen LogP contribution in [0, 0.1) is 0 Å². The molecule has 0 fully saturated rings. The van der Waals surface area contributed by atoms with Crippen molar-refractivity contribution >= 4 is 67.7 Å². The maximum absolute atomic E-state index is 4.45. The van der Waals surface area contributed by atoms with Crippen molar-refractivity contribution in [1.29, 1.82) is 0 Å². The second kappa shape index (κ2) is 8.94. The van der Waals surface area contributed by atoms with Crippen LogP contribution in [0.5, 0.6) is 0 Å². The molecule has 1 radical (unpaired) electrons. The number of fused-ring (bicyclic) bond motifs is 1. The van der Waals surface area contributed by atoms with Gasteiger partial charge in [-0.15, -0.1) is 0 Å². The fourth-order valence-corrected chi connectivity index (χ4v) is 3.42. The van der Waals surface area contributed by atoms with Crippen molar-refractivity contribution in [2.24, 2.45) is 0 Å². The molecule has 0 aliphatic carbocycles. The van der Waals surface area contributed by atoms with E-state index in [1.54, 1.807) is 0 Å². The minimum atomic E-state index is 0. The predicted molar refractivity (Wildman–Crippen MR) is 114 cm³/mol. The first kappa shape index (κ1) is 19.3. The molecule has 0 bridgehead atoms. The molecule has 0 nitrogen and oxygen atoms in total. The molecule has 0 aliphatic heterocycles. The van der Waals surface area contributed by atoms with Gasteiger partial charge in [-0.1, -0.05) is 104 Å². The van der Waals surface area contributed by atoms with E-state index in [0.29, 0.717) is 0 Å². The molecule has 0 spiro atoms. The number of benzene rings is 4. The van der Waals surface area contributed by atoms with E-state index < -0.39 is 0 Å². The Morgan fingerprint density at radius 3 is 2.00 bits per heavy atom. The summed E-state index contributed by atoms with van der Waals surface area (Å²) in [6.07, 6.45) is 0.910. The molecule has 4 aromatic rings. The normalized spacial score (nSPS) is 10.3. The first-order valence-corrected chi connectivity index (χ1v) is 8.62. The third kappa shape index (κ3) is 4.08. The van der Waals surface area contributed by atoms with Crippen LogP contribution in [0.2, 0.25) is 0 Å². The average molecular weight is 360 g/mol. The summed E-state index contributed by atoms with van der Waals surface area (Å²) >= 11 is 0. The van der Waals surface area contributed by atoms with Crippen LogP contribution in [0.15, 0.2) is 104 Å². The summed E-state index contributed by atoms with van der Waals surface area (Å²) in [6.45, 7) is 4.45. The Balaban J connectivity index is 0.00000196. The van der Waals surface area contributed by atoms with E-state index in [4.69, 9.17) is 0 Å². The molecule has 121 valence electrons. The zero-order chi connectivity index (χ0) is 17.1. The maximum atomic E-state index is 4.45. The SMILES string of the molecule is C=C(c1ccccc1)c1c(Cc2ccccc2)ccc2ccccc12.[K]. The molecule has 0 heterocycles. The van der Waals surface area contributed by atoms with Crippen LogP contribution in [0.25, 0.3) is 16.3 Å². The second-order valence-electron chi connectivity index (χ2n) is 6.33. The minimum absolute atomic E-state index is 0. The van der Waals surface area contributed by atoms with E-state index >= 15 is 0 Å². The van der Waals surface area contributed by atoms with Gasteiger partial charge >= 0.3 is 0 Å². The molecule has 0 aromatic heterocycles. The van der Waals surface area contributed by atoms with E-state index in [9.17, 15) is 0 Å². The molecule has 4 rings (SSSR count). The Hall–Kier alpha value is -1.48. The molecule has 0 saturated heterocycles. The van der Waals surface area contributed by atoms with Crippen molar-refractivity contribution in [2.45, 2.75) is 6.42 Å². The quantitative estimate of drug-likeness (QED) is 0.386. The molecular weight excluding hydrogens is 339 g/mol. The van der Waals surface area contributed by atoms with Gasteiger partial charge < -0.3 is 0 Å². The molecule has 0 N–H and O–H groups in total. The van der Waals surface area contributed by atoms with Gasteiger partial charge in [0.05, 0.1) is 0 Å². The van der Waals surface area contributed by atoms with Crippen LogP contribution < -0.4 is 0 Å². The van der Waals surface area contributed by atoms with E-state index in [1.807, 2.05) is 6.07 Å². The van der Waals surface area contributed by atoms with Crippen molar-refractivity contribution in [3.63, 3.8) is 0 Å². The molecule has 0 saturated carbocycles. The number of hydrogen-bond donors (Lipinski definition) is 0. The zero-order valence-electron chi connectivity index (χ0n) is 15.2. The standard InChI is InChI=1S/C25H20.K/c1-19(21-12-6-3-7-13-21)25-23(18-20-10-4-2-5-11-20)17-16-22-14-8-9-15-24(22)25;/h2-17H,1,18H2;. The fourth-order valence-electron chi connectivity index (χ4n) is 3.42. The van der Waals surface area contributed by atoms with Crippen LogP contribution in [0.3, 0.4) is 0 Å². The Labute approximate surface area is 198 Å². The van der Waals surface area contributed by atoms with Crippen molar-refractivity contribution in [1.82, 2.24) is 0 Å².